The molecule has 3 aromatic heterocycles. The zero-order valence-corrected chi connectivity index (χ0v) is 16.4. The van der Waals surface area contributed by atoms with Gasteiger partial charge in [0.05, 0.1) is 5.69 Å². The van der Waals surface area contributed by atoms with Gasteiger partial charge in [-0.3, -0.25) is 14.0 Å². The minimum absolute atomic E-state index is 0.135. The number of hydrogen-bond acceptors (Lipinski definition) is 6. The van der Waals surface area contributed by atoms with Crippen LogP contribution in [0.2, 0.25) is 0 Å². The fourth-order valence-corrected chi connectivity index (χ4v) is 3.45. The van der Waals surface area contributed by atoms with Crippen molar-refractivity contribution < 1.29 is 9.59 Å². The van der Waals surface area contributed by atoms with Crippen LogP contribution in [0.5, 0.6) is 0 Å². The van der Waals surface area contributed by atoms with Crippen molar-refractivity contribution in [2.45, 2.75) is 40.0 Å². The molecule has 0 aliphatic carbocycles. The first-order chi connectivity index (χ1) is 13.0. The standard InChI is InChI=1S/C18H22N6O2S/c1-4-14-22-23-18(27-14)21-13(25)8-5-9-19-17(26)15-12(3)20-16-11(2)7-6-10-24(15)16/h6-7,10H,4-5,8-9H2,1-3H3,(H,19,26)(H,21,23,25). The van der Waals surface area contributed by atoms with E-state index in [1.807, 2.05) is 39.1 Å². The zero-order chi connectivity index (χ0) is 19.4. The maximum Gasteiger partial charge on any atom is 0.270 e. The van der Waals surface area contributed by atoms with Crippen LogP contribution < -0.4 is 10.6 Å². The lowest BCUT2D eigenvalue weighted by Crippen LogP contribution is -2.27. The molecule has 0 aliphatic rings. The van der Waals surface area contributed by atoms with Crippen LogP contribution in [0.4, 0.5) is 5.13 Å². The number of hydrogen-bond donors (Lipinski definition) is 2. The second-order valence-electron chi connectivity index (χ2n) is 6.19. The molecule has 0 radical (unpaired) electrons. The third-order valence-corrected chi connectivity index (χ3v) is 5.10. The molecule has 0 unspecified atom stereocenters. The summed E-state index contributed by atoms with van der Waals surface area (Å²) in [5.74, 6) is -0.327. The Morgan fingerprint density at radius 3 is 2.81 bits per heavy atom. The Morgan fingerprint density at radius 1 is 1.26 bits per heavy atom. The van der Waals surface area contributed by atoms with Gasteiger partial charge in [0.15, 0.2) is 0 Å². The first-order valence-electron chi connectivity index (χ1n) is 8.84. The smallest absolute Gasteiger partial charge is 0.270 e. The first kappa shape index (κ1) is 19.0. The fourth-order valence-electron chi connectivity index (χ4n) is 2.75. The van der Waals surface area contributed by atoms with Crippen molar-refractivity contribution in [3.63, 3.8) is 0 Å². The molecule has 0 atom stereocenters. The lowest BCUT2D eigenvalue weighted by Gasteiger charge is -2.06. The molecular weight excluding hydrogens is 364 g/mol. The maximum absolute atomic E-state index is 12.5. The number of amides is 2. The van der Waals surface area contributed by atoms with Gasteiger partial charge in [0.25, 0.3) is 5.91 Å². The van der Waals surface area contributed by atoms with Crippen molar-refractivity contribution >= 4 is 33.9 Å². The van der Waals surface area contributed by atoms with Gasteiger partial charge in [-0.05, 0) is 38.3 Å². The molecule has 8 nitrogen and oxygen atoms in total. The average Bonchev–Trinajstić information content (AvgIpc) is 3.23. The molecule has 0 bridgehead atoms. The molecule has 2 amide bonds. The molecule has 3 aromatic rings. The lowest BCUT2D eigenvalue weighted by atomic mass is 10.2. The fraction of sp³-hybridized carbons (Fsp3) is 0.389. The summed E-state index contributed by atoms with van der Waals surface area (Å²) in [5.41, 5.74) is 3.00. The highest BCUT2D eigenvalue weighted by Crippen LogP contribution is 2.16. The normalized spacial score (nSPS) is 10.9. The van der Waals surface area contributed by atoms with Gasteiger partial charge in [0.2, 0.25) is 11.0 Å². The summed E-state index contributed by atoms with van der Waals surface area (Å²) < 4.78 is 1.80. The second-order valence-corrected chi connectivity index (χ2v) is 7.25. The molecule has 0 spiro atoms. The minimum Gasteiger partial charge on any atom is -0.351 e. The molecule has 0 aromatic carbocycles. The highest BCUT2D eigenvalue weighted by Gasteiger charge is 2.17. The number of imidazole rings is 1. The van der Waals surface area contributed by atoms with Crippen LogP contribution in [0, 0.1) is 13.8 Å². The van der Waals surface area contributed by atoms with Crippen molar-refractivity contribution in [1.82, 2.24) is 24.9 Å². The Hall–Kier alpha value is -2.81. The summed E-state index contributed by atoms with van der Waals surface area (Å²) in [6.07, 6.45) is 3.46. The summed E-state index contributed by atoms with van der Waals surface area (Å²) in [6.45, 7) is 6.17. The van der Waals surface area contributed by atoms with Crippen molar-refractivity contribution in [3.8, 4) is 0 Å². The monoisotopic (exact) mass is 386 g/mol. The summed E-state index contributed by atoms with van der Waals surface area (Å²) >= 11 is 1.37. The van der Waals surface area contributed by atoms with Crippen LogP contribution in [0.25, 0.3) is 5.65 Å². The van der Waals surface area contributed by atoms with Crippen LogP contribution in [-0.2, 0) is 11.2 Å². The molecule has 9 heteroatoms. The number of nitrogens with one attached hydrogen (secondary N) is 2. The number of aryl methyl sites for hydroxylation is 3. The van der Waals surface area contributed by atoms with Gasteiger partial charge in [-0.15, -0.1) is 10.2 Å². The third-order valence-electron chi connectivity index (χ3n) is 4.12. The van der Waals surface area contributed by atoms with Gasteiger partial charge >= 0.3 is 0 Å². The number of rotatable bonds is 7. The Morgan fingerprint density at radius 2 is 2.07 bits per heavy atom. The molecule has 0 aliphatic heterocycles. The van der Waals surface area contributed by atoms with Crippen molar-refractivity contribution in [2.24, 2.45) is 0 Å². The predicted molar refractivity (Wildman–Crippen MR) is 104 cm³/mol. The van der Waals surface area contributed by atoms with E-state index in [0.29, 0.717) is 35.9 Å². The number of carbonyl (C=O) groups is 2. The number of anilines is 1. The van der Waals surface area contributed by atoms with E-state index in [0.717, 1.165) is 22.6 Å². The molecule has 0 saturated heterocycles. The van der Waals surface area contributed by atoms with Gasteiger partial charge < -0.3 is 10.6 Å². The number of fused-ring (bicyclic) bond motifs is 1. The predicted octanol–water partition coefficient (Wildman–Crippen LogP) is 2.51. The van der Waals surface area contributed by atoms with Gasteiger partial charge in [-0.25, -0.2) is 4.98 Å². The van der Waals surface area contributed by atoms with E-state index >= 15 is 0 Å². The van der Waals surface area contributed by atoms with Crippen LogP contribution >= 0.6 is 11.3 Å². The molecule has 0 fully saturated rings. The maximum atomic E-state index is 12.5. The first-order valence-corrected chi connectivity index (χ1v) is 9.66. The SMILES string of the molecule is CCc1nnc(NC(=O)CCCNC(=O)c2c(C)nc3c(C)cccn23)s1. The van der Waals surface area contributed by atoms with Gasteiger partial charge in [0, 0.05) is 19.2 Å². The molecule has 27 heavy (non-hydrogen) atoms. The summed E-state index contributed by atoms with van der Waals surface area (Å²) in [7, 11) is 0. The van der Waals surface area contributed by atoms with Crippen LogP contribution in [0.3, 0.4) is 0 Å². The summed E-state index contributed by atoms with van der Waals surface area (Å²) in [5, 5.41) is 14.9. The van der Waals surface area contributed by atoms with Crippen molar-refractivity contribution in [2.75, 3.05) is 11.9 Å². The van der Waals surface area contributed by atoms with E-state index < -0.39 is 0 Å². The van der Waals surface area contributed by atoms with E-state index in [2.05, 4.69) is 25.8 Å². The highest BCUT2D eigenvalue weighted by molar-refractivity contribution is 7.15. The number of nitrogens with zero attached hydrogens (tertiary/aromatic N) is 4. The van der Waals surface area contributed by atoms with Gasteiger partial charge in [0.1, 0.15) is 16.3 Å². The quantitative estimate of drug-likeness (QED) is 0.608. The number of pyridine rings is 1. The van der Waals surface area contributed by atoms with E-state index in [1.54, 1.807) is 4.40 Å². The van der Waals surface area contributed by atoms with Crippen molar-refractivity contribution in [3.05, 3.63) is 40.3 Å². The van der Waals surface area contributed by atoms with E-state index in [1.165, 1.54) is 11.3 Å². The highest BCUT2D eigenvalue weighted by atomic mass is 32.1. The number of carbonyl (C=O) groups excluding carboxylic acids is 2. The van der Waals surface area contributed by atoms with Crippen molar-refractivity contribution in [1.29, 1.82) is 0 Å². The summed E-state index contributed by atoms with van der Waals surface area (Å²) in [6, 6.07) is 3.85. The zero-order valence-electron chi connectivity index (χ0n) is 15.6. The van der Waals surface area contributed by atoms with Gasteiger partial charge in [-0.1, -0.05) is 24.3 Å². The Bertz CT molecular complexity index is 978. The Balaban J connectivity index is 1.51. The lowest BCUT2D eigenvalue weighted by molar-refractivity contribution is -0.116. The second kappa shape index (κ2) is 8.26. The Labute approximate surface area is 161 Å². The molecular formula is C18H22N6O2S. The van der Waals surface area contributed by atoms with E-state index in [4.69, 9.17) is 0 Å². The topological polar surface area (TPSA) is 101 Å². The third kappa shape index (κ3) is 4.30. The van der Waals surface area contributed by atoms with E-state index in [-0.39, 0.29) is 11.8 Å². The average molecular weight is 386 g/mol. The minimum atomic E-state index is -0.192. The van der Waals surface area contributed by atoms with Crippen LogP contribution in [-0.4, -0.2) is 37.9 Å². The largest absolute Gasteiger partial charge is 0.351 e. The Kier molecular flexibility index (Phi) is 5.80. The molecule has 3 rings (SSSR count). The molecule has 3 heterocycles. The molecule has 2 N–H and O–H groups in total. The van der Waals surface area contributed by atoms with E-state index in [9.17, 15) is 9.59 Å². The van der Waals surface area contributed by atoms with Gasteiger partial charge in [-0.2, -0.15) is 0 Å². The van der Waals surface area contributed by atoms with Crippen LogP contribution in [0.1, 0.15) is 46.5 Å². The summed E-state index contributed by atoms with van der Waals surface area (Å²) in [4.78, 5) is 29.0. The van der Waals surface area contributed by atoms with Crippen LogP contribution in [0.15, 0.2) is 18.3 Å². The number of aromatic nitrogens is 4. The molecule has 0 saturated carbocycles. The molecule has 142 valence electrons.